The van der Waals surface area contributed by atoms with Crippen molar-refractivity contribution in [2.24, 2.45) is 0 Å². The number of nitrogens with zero attached hydrogens (tertiary/aromatic N) is 2. The number of carbonyl (C=O) groups excluding carboxylic acids is 1. The van der Waals surface area contributed by atoms with Gasteiger partial charge < -0.3 is 10.1 Å². The van der Waals surface area contributed by atoms with Crippen LogP contribution < -0.4 is 10.1 Å². The van der Waals surface area contributed by atoms with Crippen LogP contribution in [0.5, 0.6) is 5.75 Å². The lowest BCUT2D eigenvalue weighted by Gasteiger charge is -2.07. The number of aromatic nitrogens is 2. The topological polar surface area (TPSA) is 56.1 Å². The number of rotatable bonds is 7. The molecule has 0 atom stereocenters. The van der Waals surface area contributed by atoms with E-state index in [4.69, 9.17) is 0 Å². The zero-order valence-electron chi connectivity index (χ0n) is 14.4. The molecule has 0 spiro atoms. The molecule has 0 unspecified atom stereocenters. The van der Waals surface area contributed by atoms with Crippen molar-refractivity contribution in [2.75, 3.05) is 5.32 Å². The lowest BCUT2D eigenvalue weighted by atomic mass is 10.1. The van der Waals surface area contributed by atoms with Gasteiger partial charge in [-0.2, -0.15) is 13.9 Å². The number of halogens is 4. The SMILES string of the molecule is O=C(Cc1cccc(OC(F)F)c1)Nc1nn(Cc2ccccc2F)cc1Br. The molecular formula is C19H15BrF3N3O2. The van der Waals surface area contributed by atoms with Crippen molar-refractivity contribution >= 4 is 27.7 Å². The molecule has 1 amide bonds. The van der Waals surface area contributed by atoms with Gasteiger partial charge in [0.1, 0.15) is 11.6 Å². The van der Waals surface area contributed by atoms with Crippen LogP contribution in [-0.2, 0) is 17.8 Å². The minimum atomic E-state index is -2.93. The molecule has 0 aliphatic heterocycles. The first-order valence-corrected chi connectivity index (χ1v) is 9.00. The summed E-state index contributed by atoms with van der Waals surface area (Å²) < 4.78 is 44.7. The van der Waals surface area contributed by atoms with Crippen LogP contribution >= 0.6 is 15.9 Å². The predicted octanol–water partition coefficient (Wildman–Crippen LogP) is 4.62. The Kier molecular flexibility index (Phi) is 6.35. The van der Waals surface area contributed by atoms with Gasteiger partial charge >= 0.3 is 6.61 Å². The van der Waals surface area contributed by atoms with Crippen LogP contribution in [0.3, 0.4) is 0 Å². The molecule has 0 aliphatic rings. The smallest absolute Gasteiger partial charge is 0.387 e. The van der Waals surface area contributed by atoms with Crippen molar-refractivity contribution in [1.82, 2.24) is 9.78 Å². The van der Waals surface area contributed by atoms with E-state index >= 15 is 0 Å². The molecule has 9 heteroatoms. The van der Waals surface area contributed by atoms with Crippen LogP contribution in [0.4, 0.5) is 19.0 Å². The van der Waals surface area contributed by atoms with Crippen molar-refractivity contribution < 1.29 is 22.7 Å². The fourth-order valence-electron chi connectivity index (χ4n) is 2.56. The van der Waals surface area contributed by atoms with Gasteiger partial charge in [0.25, 0.3) is 0 Å². The van der Waals surface area contributed by atoms with Gasteiger partial charge in [0.2, 0.25) is 5.91 Å². The highest BCUT2D eigenvalue weighted by Gasteiger charge is 2.13. The molecule has 0 bridgehead atoms. The Morgan fingerprint density at radius 3 is 2.75 bits per heavy atom. The molecule has 2 aromatic carbocycles. The zero-order valence-corrected chi connectivity index (χ0v) is 16.0. The second-order valence-electron chi connectivity index (χ2n) is 5.87. The molecule has 0 aliphatic carbocycles. The Morgan fingerprint density at radius 1 is 1.21 bits per heavy atom. The average molecular weight is 454 g/mol. The van der Waals surface area contributed by atoms with Crippen molar-refractivity contribution in [3.63, 3.8) is 0 Å². The van der Waals surface area contributed by atoms with Crippen LogP contribution in [0, 0.1) is 5.82 Å². The second kappa shape index (κ2) is 8.92. The van der Waals surface area contributed by atoms with Crippen LogP contribution in [0.25, 0.3) is 0 Å². The van der Waals surface area contributed by atoms with E-state index in [0.717, 1.165) is 0 Å². The third-order valence-electron chi connectivity index (χ3n) is 3.75. The fraction of sp³-hybridized carbons (Fsp3) is 0.158. The third-order valence-corrected chi connectivity index (χ3v) is 4.33. The Bertz CT molecular complexity index is 979. The number of hydrogen-bond donors (Lipinski definition) is 1. The average Bonchev–Trinajstić information content (AvgIpc) is 2.95. The minimum Gasteiger partial charge on any atom is -0.435 e. The van der Waals surface area contributed by atoms with Crippen molar-refractivity contribution in [1.29, 1.82) is 0 Å². The second-order valence-corrected chi connectivity index (χ2v) is 6.72. The third kappa shape index (κ3) is 5.35. The van der Waals surface area contributed by atoms with Gasteiger partial charge in [-0.3, -0.25) is 9.48 Å². The van der Waals surface area contributed by atoms with E-state index in [9.17, 15) is 18.0 Å². The molecule has 3 aromatic rings. The molecule has 1 aromatic heterocycles. The first-order chi connectivity index (χ1) is 13.4. The predicted molar refractivity (Wildman–Crippen MR) is 101 cm³/mol. The number of hydrogen-bond acceptors (Lipinski definition) is 3. The van der Waals surface area contributed by atoms with E-state index in [1.54, 1.807) is 30.5 Å². The standard InChI is InChI=1S/C19H15BrF3N3O2/c20-15-11-26(10-13-5-1-2-7-16(13)21)25-18(15)24-17(27)9-12-4-3-6-14(8-12)28-19(22)23/h1-8,11,19H,9-10H2,(H,24,25,27). The normalized spacial score (nSPS) is 10.9. The van der Waals surface area contributed by atoms with Crippen LogP contribution in [-0.4, -0.2) is 22.3 Å². The van der Waals surface area contributed by atoms with Gasteiger partial charge in [-0.05, 0) is 39.7 Å². The van der Waals surface area contributed by atoms with E-state index in [1.165, 1.54) is 28.9 Å². The summed E-state index contributed by atoms with van der Waals surface area (Å²) in [7, 11) is 0. The van der Waals surface area contributed by atoms with Crippen LogP contribution in [0.15, 0.2) is 59.2 Å². The van der Waals surface area contributed by atoms with Gasteiger partial charge in [0, 0.05) is 11.8 Å². The quantitative estimate of drug-likeness (QED) is 0.567. The number of benzene rings is 2. The molecule has 0 radical (unpaired) electrons. The number of nitrogens with one attached hydrogen (secondary N) is 1. The Labute approximate surface area is 167 Å². The summed E-state index contributed by atoms with van der Waals surface area (Å²) in [6.07, 6.45) is 1.58. The molecule has 1 heterocycles. The van der Waals surface area contributed by atoms with E-state index in [-0.39, 0.29) is 36.3 Å². The summed E-state index contributed by atoms with van der Waals surface area (Å²) in [6.45, 7) is -2.73. The first kappa shape index (κ1) is 19.9. The molecule has 5 nitrogen and oxygen atoms in total. The lowest BCUT2D eigenvalue weighted by molar-refractivity contribution is -0.115. The maximum absolute atomic E-state index is 13.8. The first-order valence-electron chi connectivity index (χ1n) is 8.20. The molecule has 146 valence electrons. The Balaban J connectivity index is 1.65. The molecular weight excluding hydrogens is 439 g/mol. The van der Waals surface area contributed by atoms with E-state index < -0.39 is 6.61 Å². The molecule has 1 N–H and O–H groups in total. The van der Waals surface area contributed by atoms with Gasteiger partial charge in [0.05, 0.1) is 17.4 Å². The largest absolute Gasteiger partial charge is 0.435 e. The number of carbonyl (C=O) groups is 1. The van der Waals surface area contributed by atoms with Gasteiger partial charge in [-0.1, -0.05) is 30.3 Å². The molecule has 0 saturated carbocycles. The Morgan fingerprint density at radius 2 is 2.00 bits per heavy atom. The highest BCUT2D eigenvalue weighted by molar-refractivity contribution is 9.10. The van der Waals surface area contributed by atoms with E-state index in [0.29, 0.717) is 15.6 Å². The molecule has 0 saturated heterocycles. The number of alkyl halides is 2. The summed E-state index contributed by atoms with van der Waals surface area (Å²) in [5.74, 6) is -0.464. The van der Waals surface area contributed by atoms with Crippen molar-refractivity contribution in [2.45, 2.75) is 19.6 Å². The van der Waals surface area contributed by atoms with Crippen LogP contribution in [0.1, 0.15) is 11.1 Å². The van der Waals surface area contributed by atoms with Crippen molar-refractivity contribution in [3.05, 3.63) is 76.1 Å². The Hall–Kier alpha value is -2.81. The number of ether oxygens (including phenoxy) is 1. The summed E-state index contributed by atoms with van der Waals surface area (Å²) in [6, 6.07) is 12.3. The monoisotopic (exact) mass is 453 g/mol. The highest BCUT2D eigenvalue weighted by Crippen LogP contribution is 2.22. The number of amides is 1. The molecule has 3 rings (SSSR count). The maximum Gasteiger partial charge on any atom is 0.387 e. The summed E-state index contributed by atoms with van der Waals surface area (Å²) in [5, 5.41) is 6.87. The fourth-order valence-corrected chi connectivity index (χ4v) is 2.97. The maximum atomic E-state index is 13.8. The van der Waals surface area contributed by atoms with E-state index in [2.05, 4.69) is 31.1 Å². The summed E-state index contributed by atoms with van der Waals surface area (Å²) >= 11 is 3.31. The van der Waals surface area contributed by atoms with Crippen molar-refractivity contribution in [3.8, 4) is 5.75 Å². The summed E-state index contributed by atoms with van der Waals surface area (Å²) in [4.78, 5) is 12.3. The van der Waals surface area contributed by atoms with Crippen LogP contribution in [0.2, 0.25) is 0 Å². The van der Waals surface area contributed by atoms with Gasteiger partial charge in [-0.25, -0.2) is 4.39 Å². The molecule has 0 fully saturated rings. The zero-order chi connectivity index (χ0) is 20.1. The molecule has 28 heavy (non-hydrogen) atoms. The van der Waals surface area contributed by atoms with Gasteiger partial charge in [-0.15, -0.1) is 0 Å². The summed E-state index contributed by atoms with van der Waals surface area (Å²) in [5.41, 5.74) is 0.976. The lowest BCUT2D eigenvalue weighted by Crippen LogP contribution is -2.15. The number of anilines is 1. The highest BCUT2D eigenvalue weighted by atomic mass is 79.9. The minimum absolute atomic E-state index is 0.0179. The van der Waals surface area contributed by atoms with E-state index in [1.807, 2.05) is 0 Å². The van der Waals surface area contributed by atoms with Gasteiger partial charge in [0.15, 0.2) is 5.82 Å².